The summed E-state index contributed by atoms with van der Waals surface area (Å²) in [7, 11) is 1.71. The molecule has 8 heteroatoms. The van der Waals surface area contributed by atoms with Gasteiger partial charge in [-0.05, 0) is 37.9 Å². The minimum Gasteiger partial charge on any atom is -0.438 e. The molecule has 0 radical (unpaired) electrons. The maximum absolute atomic E-state index is 13.5. The Balaban J connectivity index is 1.68. The van der Waals surface area contributed by atoms with Crippen molar-refractivity contribution in [3.8, 4) is 0 Å². The molecular formula is C21H28N4O4. The van der Waals surface area contributed by atoms with Gasteiger partial charge in [0.05, 0.1) is 12.6 Å². The van der Waals surface area contributed by atoms with Crippen LogP contribution >= 0.6 is 0 Å². The van der Waals surface area contributed by atoms with Crippen LogP contribution in [0.5, 0.6) is 0 Å². The van der Waals surface area contributed by atoms with Crippen molar-refractivity contribution in [1.29, 1.82) is 0 Å². The van der Waals surface area contributed by atoms with Crippen LogP contribution in [-0.4, -0.2) is 53.7 Å². The number of nitrogens with zero attached hydrogens (tertiary/aromatic N) is 2. The van der Waals surface area contributed by atoms with Crippen molar-refractivity contribution in [3.05, 3.63) is 30.2 Å². The second kappa shape index (κ2) is 7.42. The lowest BCUT2D eigenvalue weighted by molar-refractivity contribution is -0.145. The summed E-state index contributed by atoms with van der Waals surface area (Å²) in [6.07, 6.45) is 0.755. The Hall–Kier alpha value is -2.45. The molecule has 29 heavy (non-hydrogen) atoms. The first kappa shape index (κ1) is 19.8. The van der Waals surface area contributed by atoms with Gasteiger partial charge in [-0.3, -0.25) is 9.59 Å². The minimum atomic E-state index is -0.635. The van der Waals surface area contributed by atoms with Crippen LogP contribution in [0.3, 0.4) is 0 Å². The van der Waals surface area contributed by atoms with E-state index in [1.54, 1.807) is 18.9 Å². The molecule has 0 aliphatic carbocycles. The fourth-order valence-corrected chi connectivity index (χ4v) is 4.26. The SMILES string of the molecule is CN[C@@H](C)C(=O)N[C@H]1CCO[C@H]2CC(C)(C)C(c3nc4ccccc4o3)N2C1=O. The topological polar surface area (TPSA) is 96.7 Å². The third-order valence-corrected chi connectivity index (χ3v) is 5.99. The average Bonchev–Trinajstić information content (AvgIpc) is 3.18. The molecular weight excluding hydrogens is 372 g/mol. The number of ether oxygens (including phenoxy) is 1. The number of rotatable bonds is 4. The number of fused-ring (bicyclic) bond motifs is 2. The molecule has 0 bridgehead atoms. The molecule has 4 rings (SSSR count). The standard InChI is InChI=1S/C21H28N4O4/c1-12(22-4)18(26)23-14-9-10-28-16-11-21(2,3)17(25(16)20(14)27)19-24-13-7-5-6-8-15(13)29-19/h5-8,12,14,16-17,22H,9-11H2,1-4H3,(H,23,26)/t12-,14-,16-,17?/m0/s1. The molecule has 156 valence electrons. The summed E-state index contributed by atoms with van der Waals surface area (Å²) < 4.78 is 12.1. The summed E-state index contributed by atoms with van der Waals surface area (Å²) in [5.41, 5.74) is 1.17. The molecule has 2 saturated heterocycles. The van der Waals surface area contributed by atoms with Crippen LogP contribution in [-0.2, 0) is 14.3 Å². The van der Waals surface area contributed by atoms with Crippen molar-refractivity contribution in [2.75, 3.05) is 13.7 Å². The second-order valence-corrected chi connectivity index (χ2v) is 8.55. The Morgan fingerprint density at radius 2 is 2.10 bits per heavy atom. The molecule has 4 atom stereocenters. The number of carbonyl (C=O) groups is 2. The van der Waals surface area contributed by atoms with E-state index in [4.69, 9.17) is 9.15 Å². The second-order valence-electron chi connectivity index (χ2n) is 8.55. The Morgan fingerprint density at radius 1 is 1.34 bits per heavy atom. The number of oxazole rings is 1. The first-order valence-corrected chi connectivity index (χ1v) is 10.1. The van der Waals surface area contributed by atoms with E-state index in [9.17, 15) is 9.59 Å². The molecule has 2 aliphatic heterocycles. The minimum absolute atomic E-state index is 0.151. The monoisotopic (exact) mass is 400 g/mol. The van der Waals surface area contributed by atoms with Crippen LogP contribution < -0.4 is 10.6 Å². The molecule has 2 aliphatic rings. The van der Waals surface area contributed by atoms with Gasteiger partial charge in [-0.2, -0.15) is 0 Å². The molecule has 1 aromatic heterocycles. The lowest BCUT2D eigenvalue weighted by Gasteiger charge is -2.32. The number of aromatic nitrogens is 1. The highest BCUT2D eigenvalue weighted by Gasteiger charge is 2.54. The summed E-state index contributed by atoms with van der Waals surface area (Å²) in [4.78, 5) is 32.3. The fraction of sp³-hybridized carbons (Fsp3) is 0.571. The zero-order valence-corrected chi connectivity index (χ0v) is 17.3. The van der Waals surface area contributed by atoms with Gasteiger partial charge in [0.15, 0.2) is 5.58 Å². The van der Waals surface area contributed by atoms with Crippen molar-refractivity contribution in [3.63, 3.8) is 0 Å². The smallest absolute Gasteiger partial charge is 0.247 e. The number of amides is 2. The Labute approximate surface area is 170 Å². The number of hydrogen-bond donors (Lipinski definition) is 2. The van der Waals surface area contributed by atoms with E-state index in [0.29, 0.717) is 30.9 Å². The fourth-order valence-electron chi connectivity index (χ4n) is 4.26. The molecule has 1 unspecified atom stereocenters. The van der Waals surface area contributed by atoms with Gasteiger partial charge in [0.1, 0.15) is 23.8 Å². The largest absolute Gasteiger partial charge is 0.438 e. The number of likely N-dealkylation sites (N-methyl/N-ethyl adjacent to an activating group) is 1. The van der Waals surface area contributed by atoms with E-state index in [0.717, 1.165) is 5.52 Å². The number of para-hydroxylation sites is 2. The summed E-state index contributed by atoms with van der Waals surface area (Å²) in [6.45, 7) is 6.35. The molecule has 2 aromatic rings. The van der Waals surface area contributed by atoms with Crippen molar-refractivity contribution >= 4 is 22.9 Å². The van der Waals surface area contributed by atoms with Gasteiger partial charge in [-0.15, -0.1) is 0 Å². The van der Waals surface area contributed by atoms with E-state index in [1.165, 1.54) is 0 Å². The number of benzene rings is 1. The van der Waals surface area contributed by atoms with Crippen LogP contribution in [0.4, 0.5) is 0 Å². The Morgan fingerprint density at radius 3 is 2.83 bits per heavy atom. The molecule has 2 amide bonds. The van der Waals surface area contributed by atoms with Gasteiger partial charge in [0, 0.05) is 6.42 Å². The first-order chi connectivity index (χ1) is 13.8. The number of nitrogens with one attached hydrogen (secondary N) is 2. The predicted molar refractivity (Wildman–Crippen MR) is 107 cm³/mol. The molecule has 2 fully saturated rings. The molecule has 0 saturated carbocycles. The Bertz CT molecular complexity index is 891. The van der Waals surface area contributed by atoms with Crippen molar-refractivity contribution < 1.29 is 18.7 Å². The highest BCUT2D eigenvalue weighted by molar-refractivity contribution is 5.90. The lowest BCUT2D eigenvalue weighted by atomic mass is 9.84. The predicted octanol–water partition coefficient (Wildman–Crippen LogP) is 1.97. The van der Waals surface area contributed by atoms with Crippen LogP contribution in [0.2, 0.25) is 0 Å². The van der Waals surface area contributed by atoms with Gasteiger partial charge in [0.25, 0.3) is 0 Å². The van der Waals surface area contributed by atoms with Crippen LogP contribution in [0, 0.1) is 5.41 Å². The van der Waals surface area contributed by atoms with Gasteiger partial charge in [0.2, 0.25) is 17.7 Å². The van der Waals surface area contributed by atoms with E-state index in [1.807, 2.05) is 24.3 Å². The first-order valence-electron chi connectivity index (χ1n) is 10.1. The Kier molecular flexibility index (Phi) is 5.08. The number of hydrogen-bond acceptors (Lipinski definition) is 6. The van der Waals surface area contributed by atoms with Crippen molar-refractivity contribution in [1.82, 2.24) is 20.5 Å². The third-order valence-electron chi connectivity index (χ3n) is 5.99. The summed E-state index contributed by atoms with van der Waals surface area (Å²) in [5, 5.41) is 5.77. The van der Waals surface area contributed by atoms with Gasteiger partial charge >= 0.3 is 0 Å². The van der Waals surface area contributed by atoms with Gasteiger partial charge in [-0.1, -0.05) is 26.0 Å². The van der Waals surface area contributed by atoms with Crippen LogP contribution in [0.15, 0.2) is 28.7 Å². The van der Waals surface area contributed by atoms with E-state index in [2.05, 4.69) is 29.5 Å². The maximum atomic E-state index is 13.5. The highest BCUT2D eigenvalue weighted by atomic mass is 16.5. The normalized spacial score (nSPS) is 27.5. The van der Waals surface area contributed by atoms with Crippen molar-refractivity contribution in [2.45, 2.75) is 58.0 Å². The third kappa shape index (κ3) is 3.51. The average molecular weight is 400 g/mol. The molecule has 2 N–H and O–H groups in total. The summed E-state index contributed by atoms with van der Waals surface area (Å²) in [5.74, 6) is 0.148. The molecule has 8 nitrogen and oxygen atoms in total. The number of carbonyl (C=O) groups excluding carboxylic acids is 2. The molecule has 0 spiro atoms. The van der Waals surface area contributed by atoms with E-state index >= 15 is 0 Å². The summed E-state index contributed by atoms with van der Waals surface area (Å²) >= 11 is 0. The molecule has 1 aromatic carbocycles. The van der Waals surface area contributed by atoms with Crippen molar-refractivity contribution in [2.24, 2.45) is 5.41 Å². The van der Waals surface area contributed by atoms with E-state index in [-0.39, 0.29) is 35.5 Å². The molecule has 3 heterocycles. The summed E-state index contributed by atoms with van der Waals surface area (Å²) in [6, 6.07) is 6.18. The lowest BCUT2D eigenvalue weighted by Crippen LogP contribution is -2.53. The zero-order valence-electron chi connectivity index (χ0n) is 17.3. The highest BCUT2D eigenvalue weighted by Crippen LogP contribution is 2.51. The zero-order chi connectivity index (χ0) is 20.8. The van der Waals surface area contributed by atoms with Gasteiger partial charge in [-0.25, -0.2) is 4.98 Å². The van der Waals surface area contributed by atoms with E-state index < -0.39 is 6.04 Å². The van der Waals surface area contributed by atoms with Gasteiger partial charge < -0.3 is 24.7 Å². The van der Waals surface area contributed by atoms with Crippen LogP contribution in [0.25, 0.3) is 11.1 Å². The van der Waals surface area contributed by atoms with Crippen LogP contribution in [0.1, 0.15) is 45.5 Å². The quantitative estimate of drug-likeness (QED) is 0.815. The maximum Gasteiger partial charge on any atom is 0.247 e.